The molecule has 1 aromatic rings. The van der Waals surface area contributed by atoms with Crippen LogP contribution in [0.4, 0.5) is 0 Å². The number of methoxy groups -OCH3 is 1. The molecule has 0 amide bonds. The average molecular weight is 365 g/mol. The fourth-order valence-corrected chi connectivity index (χ4v) is 2.57. The van der Waals surface area contributed by atoms with Crippen LogP contribution in [0.25, 0.3) is 0 Å². The van der Waals surface area contributed by atoms with Crippen molar-refractivity contribution in [3.63, 3.8) is 0 Å². The number of unbranched alkanes of at least 4 members (excludes halogenated alkanes) is 1. The maximum atomic E-state index is 5.58. The minimum atomic E-state index is 0.247. The standard InChI is InChI=1S/C20H36N4O2/c1-6-7-14-26-15-8-13-22-20(21-2)23-16-19(24(3)4)17-9-11-18(25-5)12-10-17/h9-12,19H,6-8,13-16H2,1-5H3,(H2,21,22,23). The number of benzene rings is 1. The summed E-state index contributed by atoms with van der Waals surface area (Å²) in [6.45, 7) is 5.44. The van der Waals surface area contributed by atoms with Crippen molar-refractivity contribution < 1.29 is 9.47 Å². The molecular formula is C20H36N4O2. The summed E-state index contributed by atoms with van der Waals surface area (Å²) in [4.78, 5) is 6.50. The summed E-state index contributed by atoms with van der Waals surface area (Å²) in [7, 11) is 7.65. The topological polar surface area (TPSA) is 58.1 Å². The number of hydrogen-bond donors (Lipinski definition) is 2. The molecule has 1 unspecified atom stereocenters. The molecule has 6 heteroatoms. The van der Waals surface area contributed by atoms with Crippen LogP contribution in [0.5, 0.6) is 5.75 Å². The van der Waals surface area contributed by atoms with Crippen LogP contribution in [0.2, 0.25) is 0 Å². The highest BCUT2D eigenvalue weighted by Gasteiger charge is 2.14. The van der Waals surface area contributed by atoms with E-state index in [2.05, 4.69) is 53.7 Å². The van der Waals surface area contributed by atoms with Crippen molar-refractivity contribution in [3.8, 4) is 5.75 Å². The predicted molar refractivity (Wildman–Crippen MR) is 109 cm³/mol. The first-order chi connectivity index (χ1) is 12.6. The Morgan fingerprint density at radius 3 is 2.38 bits per heavy atom. The molecule has 1 rings (SSSR count). The molecule has 0 aliphatic carbocycles. The molecule has 148 valence electrons. The summed E-state index contributed by atoms with van der Waals surface area (Å²) in [6.07, 6.45) is 3.28. The van der Waals surface area contributed by atoms with Gasteiger partial charge in [-0.3, -0.25) is 4.99 Å². The number of hydrogen-bond acceptors (Lipinski definition) is 4. The Labute approximate surface area is 159 Å². The fourth-order valence-electron chi connectivity index (χ4n) is 2.57. The average Bonchev–Trinajstić information content (AvgIpc) is 2.66. The molecule has 6 nitrogen and oxygen atoms in total. The van der Waals surface area contributed by atoms with Crippen molar-refractivity contribution >= 4 is 5.96 Å². The lowest BCUT2D eigenvalue weighted by molar-refractivity contribution is 0.129. The van der Waals surface area contributed by atoms with Crippen LogP contribution in [0, 0.1) is 0 Å². The van der Waals surface area contributed by atoms with Crippen molar-refractivity contribution in [2.24, 2.45) is 4.99 Å². The molecule has 0 aromatic heterocycles. The van der Waals surface area contributed by atoms with Crippen molar-refractivity contribution in [1.82, 2.24) is 15.5 Å². The highest BCUT2D eigenvalue weighted by Crippen LogP contribution is 2.20. The number of likely N-dealkylation sites (N-methyl/N-ethyl adjacent to an activating group) is 1. The zero-order valence-electron chi connectivity index (χ0n) is 17.0. The van der Waals surface area contributed by atoms with Crippen molar-refractivity contribution in [1.29, 1.82) is 0 Å². The van der Waals surface area contributed by atoms with Gasteiger partial charge < -0.3 is 25.0 Å². The Kier molecular flexibility index (Phi) is 11.5. The number of nitrogens with one attached hydrogen (secondary N) is 2. The molecule has 1 aromatic carbocycles. The minimum absolute atomic E-state index is 0.247. The molecule has 0 saturated carbocycles. The molecular weight excluding hydrogens is 328 g/mol. The lowest BCUT2D eigenvalue weighted by Crippen LogP contribution is -2.42. The van der Waals surface area contributed by atoms with Crippen LogP contribution < -0.4 is 15.4 Å². The smallest absolute Gasteiger partial charge is 0.191 e. The highest BCUT2D eigenvalue weighted by molar-refractivity contribution is 5.79. The van der Waals surface area contributed by atoms with Crippen LogP contribution >= 0.6 is 0 Å². The van der Waals surface area contributed by atoms with Gasteiger partial charge in [0.25, 0.3) is 0 Å². The molecule has 0 saturated heterocycles. The third-order valence-corrected chi connectivity index (χ3v) is 4.21. The summed E-state index contributed by atoms with van der Waals surface area (Å²) in [5.41, 5.74) is 1.24. The molecule has 0 radical (unpaired) electrons. The second-order valence-corrected chi connectivity index (χ2v) is 6.45. The van der Waals surface area contributed by atoms with Gasteiger partial charge in [0.15, 0.2) is 5.96 Å². The fraction of sp³-hybridized carbons (Fsp3) is 0.650. The first kappa shape index (κ1) is 22.3. The third-order valence-electron chi connectivity index (χ3n) is 4.21. The summed E-state index contributed by atoms with van der Waals surface area (Å²) >= 11 is 0. The summed E-state index contributed by atoms with van der Waals surface area (Å²) in [6, 6.07) is 8.45. The number of aliphatic imine (C=N–C) groups is 1. The van der Waals surface area contributed by atoms with Crippen molar-refractivity contribution in [2.45, 2.75) is 32.2 Å². The minimum Gasteiger partial charge on any atom is -0.497 e. The van der Waals surface area contributed by atoms with E-state index in [1.165, 1.54) is 12.0 Å². The van der Waals surface area contributed by atoms with E-state index in [4.69, 9.17) is 9.47 Å². The Hall–Kier alpha value is -1.79. The maximum Gasteiger partial charge on any atom is 0.191 e. The Morgan fingerprint density at radius 1 is 1.12 bits per heavy atom. The first-order valence-electron chi connectivity index (χ1n) is 9.45. The van der Waals surface area contributed by atoms with E-state index in [0.717, 1.165) is 50.9 Å². The van der Waals surface area contributed by atoms with Crippen LogP contribution in [0.1, 0.15) is 37.8 Å². The third kappa shape index (κ3) is 8.54. The zero-order valence-corrected chi connectivity index (χ0v) is 17.0. The van der Waals surface area contributed by atoms with Gasteiger partial charge in [-0.1, -0.05) is 25.5 Å². The van der Waals surface area contributed by atoms with Crippen molar-refractivity contribution in [2.75, 3.05) is 54.6 Å². The summed E-state index contributed by atoms with van der Waals surface area (Å²) in [5, 5.41) is 6.76. The number of ether oxygens (including phenoxy) is 2. The Balaban J connectivity index is 2.40. The molecule has 2 N–H and O–H groups in total. The van der Waals surface area contributed by atoms with Gasteiger partial charge >= 0.3 is 0 Å². The number of nitrogens with zero attached hydrogens (tertiary/aromatic N) is 2. The normalized spacial score (nSPS) is 12.9. The SMILES string of the molecule is CCCCOCCCNC(=NC)NCC(c1ccc(OC)cc1)N(C)C. The molecule has 0 spiro atoms. The van der Waals surface area contributed by atoms with E-state index in [9.17, 15) is 0 Å². The van der Waals surface area contributed by atoms with E-state index >= 15 is 0 Å². The van der Waals surface area contributed by atoms with E-state index in [1.54, 1.807) is 14.2 Å². The second kappa shape index (κ2) is 13.4. The van der Waals surface area contributed by atoms with Gasteiger partial charge in [0.05, 0.1) is 13.2 Å². The van der Waals surface area contributed by atoms with E-state index in [-0.39, 0.29) is 6.04 Å². The van der Waals surface area contributed by atoms with Crippen LogP contribution in [0.15, 0.2) is 29.3 Å². The Morgan fingerprint density at radius 2 is 1.81 bits per heavy atom. The Bertz CT molecular complexity index is 503. The van der Waals surface area contributed by atoms with Gasteiger partial charge in [0.2, 0.25) is 0 Å². The van der Waals surface area contributed by atoms with Crippen molar-refractivity contribution in [3.05, 3.63) is 29.8 Å². The molecule has 0 fully saturated rings. The predicted octanol–water partition coefficient (Wildman–Crippen LogP) is 2.67. The molecule has 0 heterocycles. The van der Waals surface area contributed by atoms with Gasteiger partial charge in [-0.2, -0.15) is 0 Å². The molecule has 1 atom stereocenters. The monoisotopic (exact) mass is 364 g/mol. The molecule has 0 aliphatic heterocycles. The van der Waals surface area contributed by atoms with E-state index in [1.807, 2.05) is 12.1 Å². The zero-order chi connectivity index (χ0) is 19.2. The van der Waals surface area contributed by atoms with Gasteiger partial charge in [-0.05, 0) is 44.6 Å². The van der Waals surface area contributed by atoms with E-state index in [0.29, 0.717) is 0 Å². The lowest BCUT2D eigenvalue weighted by atomic mass is 10.1. The molecule has 0 aliphatic rings. The lowest BCUT2D eigenvalue weighted by Gasteiger charge is -2.26. The van der Waals surface area contributed by atoms with Gasteiger partial charge in [-0.15, -0.1) is 0 Å². The maximum absolute atomic E-state index is 5.58. The number of guanidine groups is 1. The van der Waals surface area contributed by atoms with Gasteiger partial charge in [0, 0.05) is 33.4 Å². The summed E-state index contributed by atoms with van der Waals surface area (Å²) in [5.74, 6) is 1.69. The first-order valence-corrected chi connectivity index (χ1v) is 9.45. The van der Waals surface area contributed by atoms with E-state index < -0.39 is 0 Å². The van der Waals surface area contributed by atoms with Crippen LogP contribution in [0.3, 0.4) is 0 Å². The molecule has 0 bridgehead atoms. The number of rotatable bonds is 12. The highest BCUT2D eigenvalue weighted by atomic mass is 16.5. The second-order valence-electron chi connectivity index (χ2n) is 6.45. The quantitative estimate of drug-likeness (QED) is 0.339. The summed E-state index contributed by atoms with van der Waals surface area (Å²) < 4.78 is 10.8. The molecule has 26 heavy (non-hydrogen) atoms. The largest absolute Gasteiger partial charge is 0.497 e. The van der Waals surface area contributed by atoms with Gasteiger partial charge in [-0.25, -0.2) is 0 Å². The van der Waals surface area contributed by atoms with Gasteiger partial charge in [0.1, 0.15) is 5.75 Å². The van der Waals surface area contributed by atoms with Crippen LogP contribution in [-0.4, -0.2) is 65.4 Å². The van der Waals surface area contributed by atoms with Crippen LogP contribution in [-0.2, 0) is 4.74 Å².